The van der Waals surface area contributed by atoms with Crippen molar-refractivity contribution in [1.29, 1.82) is 0 Å². The highest BCUT2D eigenvalue weighted by Crippen LogP contribution is 2.37. The van der Waals surface area contributed by atoms with E-state index in [0.29, 0.717) is 18.4 Å². The first-order chi connectivity index (χ1) is 9.24. The van der Waals surface area contributed by atoms with Crippen LogP contribution in [0.5, 0.6) is 0 Å². The fraction of sp³-hybridized carbons (Fsp3) is 0.562. The first-order valence-corrected chi connectivity index (χ1v) is 7.27. The molecule has 2 aliphatic rings. The van der Waals surface area contributed by atoms with Crippen LogP contribution in [0.2, 0.25) is 0 Å². The molecule has 19 heavy (non-hydrogen) atoms. The van der Waals surface area contributed by atoms with Gasteiger partial charge in [0, 0.05) is 19.1 Å². The summed E-state index contributed by atoms with van der Waals surface area (Å²) in [6.45, 7) is 1.90. The molecule has 0 amide bonds. The Hall–Kier alpha value is -1.35. The maximum absolute atomic E-state index is 10.7. The largest absolute Gasteiger partial charge is 0.481 e. The van der Waals surface area contributed by atoms with Crippen LogP contribution in [-0.2, 0) is 11.2 Å². The molecule has 1 atom stereocenters. The standard InChI is InChI=1S/C16H21NO2/c18-16(19)9-12-10-17(11-12)15-8-4-2-6-13-5-1-3-7-14(13)15/h1,3,5,7,12,15H,2,4,6,8-11H2,(H,18,19). The number of nitrogens with zero attached hydrogens (tertiary/aromatic N) is 1. The third-order valence-electron chi connectivity index (χ3n) is 4.48. The zero-order valence-electron chi connectivity index (χ0n) is 11.2. The van der Waals surface area contributed by atoms with E-state index in [1.54, 1.807) is 0 Å². The highest BCUT2D eigenvalue weighted by atomic mass is 16.4. The van der Waals surface area contributed by atoms with Crippen LogP contribution in [0.3, 0.4) is 0 Å². The number of hydrogen-bond acceptors (Lipinski definition) is 2. The second-order valence-electron chi connectivity index (χ2n) is 5.88. The van der Waals surface area contributed by atoms with Crippen LogP contribution in [0.1, 0.15) is 42.9 Å². The normalized spacial score (nSPS) is 24.3. The number of likely N-dealkylation sites (tertiary alicyclic amines) is 1. The summed E-state index contributed by atoms with van der Waals surface area (Å²) < 4.78 is 0. The quantitative estimate of drug-likeness (QED) is 0.849. The van der Waals surface area contributed by atoms with E-state index in [-0.39, 0.29) is 0 Å². The van der Waals surface area contributed by atoms with Crippen molar-refractivity contribution in [2.24, 2.45) is 5.92 Å². The molecule has 102 valence electrons. The fourth-order valence-electron chi connectivity index (χ4n) is 3.52. The molecule has 0 aromatic heterocycles. The summed E-state index contributed by atoms with van der Waals surface area (Å²) >= 11 is 0. The SMILES string of the molecule is O=C(O)CC1CN(C2CCCCc3ccccc32)C1. The van der Waals surface area contributed by atoms with E-state index in [1.807, 2.05) is 0 Å². The van der Waals surface area contributed by atoms with Crippen molar-refractivity contribution in [2.45, 2.75) is 38.1 Å². The summed E-state index contributed by atoms with van der Waals surface area (Å²) in [5.74, 6) is -0.307. The summed E-state index contributed by atoms with van der Waals surface area (Å²) in [6.07, 6.45) is 5.29. The lowest BCUT2D eigenvalue weighted by molar-refractivity contribution is -0.139. The van der Waals surface area contributed by atoms with Gasteiger partial charge in [-0.1, -0.05) is 30.7 Å². The lowest BCUT2D eigenvalue weighted by atomic mass is 9.89. The molecule has 1 aromatic carbocycles. The monoisotopic (exact) mass is 259 g/mol. The maximum Gasteiger partial charge on any atom is 0.303 e. The summed E-state index contributed by atoms with van der Waals surface area (Å²) in [7, 11) is 0. The van der Waals surface area contributed by atoms with Crippen LogP contribution < -0.4 is 0 Å². The molecule has 1 unspecified atom stereocenters. The number of aryl methyl sites for hydroxylation is 1. The summed E-state index contributed by atoms with van der Waals surface area (Å²) in [4.78, 5) is 13.2. The molecule has 1 aromatic rings. The van der Waals surface area contributed by atoms with E-state index < -0.39 is 5.97 Å². The maximum atomic E-state index is 10.7. The number of benzene rings is 1. The number of hydrogen-bond donors (Lipinski definition) is 1. The Morgan fingerprint density at radius 2 is 2.05 bits per heavy atom. The molecule has 1 heterocycles. The van der Waals surface area contributed by atoms with Gasteiger partial charge in [-0.3, -0.25) is 9.69 Å². The van der Waals surface area contributed by atoms with Crippen molar-refractivity contribution in [3.63, 3.8) is 0 Å². The van der Waals surface area contributed by atoms with Crippen molar-refractivity contribution < 1.29 is 9.90 Å². The van der Waals surface area contributed by atoms with Crippen molar-refractivity contribution >= 4 is 5.97 Å². The number of carbonyl (C=O) groups is 1. The third-order valence-corrected chi connectivity index (χ3v) is 4.48. The fourth-order valence-corrected chi connectivity index (χ4v) is 3.52. The molecule has 0 radical (unpaired) electrons. The molecule has 0 bridgehead atoms. The average molecular weight is 259 g/mol. The van der Waals surface area contributed by atoms with Gasteiger partial charge >= 0.3 is 5.97 Å². The number of carboxylic acids is 1. The predicted molar refractivity (Wildman–Crippen MR) is 74.1 cm³/mol. The van der Waals surface area contributed by atoms with Gasteiger partial charge in [-0.2, -0.15) is 0 Å². The molecule has 0 spiro atoms. The van der Waals surface area contributed by atoms with Crippen LogP contribution in [-0.4, -0.2) is 29.1 Å². The number of carboxylic acid groups (broad SMARTS) is 1. The average Bonchev–Trinajstić information content (AvgIpc) is 2.55. The van der Waals surface area contributed by atoms with Gasteiger partial charge < -0.3 is 5.11 Å². The van der Waals surface area contributed by atoms with Crippen LogP contribution in [0.25, 0.3) is 0 Å². The van der Waals surface area contributed by atoms with Gasteiger partial charge in [-0.25, -0.2) is 0 Å². The molecule has 3 heteroatoms. The Morgan fingerprint density at radius 3 is 2.84 bits per heavy atom. The third kappa shape index (κ3) is 2.66. The van der Waals surface area contributed by atoms with Crippen molar-refractivity contribution in [1.82, 2.24) is 4.90 Å². The zero-order chi connectivity index (χ0) is 13.2. The van der Waals surface area contributed by atoms with E-state index in [0.717, 1.165) is 13.1 Å². The van der Waals surface area contributed by atoms with Crippen LogP contribution in [0, 0.1) is 5.92 Å². The summed E-state index contributed by atoms with van der Waals surface area (Å²) in [6, 6.07) is 9.29. The van der Waals surface area contributed by atoms with Crippen molar-refractivity contribution in [3.8, 4) is 0 Å². The predicted octanol–water partition coefficient (Wildman–Crippen LogP) is 2.86. The molecule has 1 aliphatic heterocycles. The van der Waals surface area contributed by atoms with E-state index in [2.05, 4.69) is 29.2 Å². The highest BCUT2D eigenvalue weighted by molar-refractivity contribution is 5.67. The number of fused-ring (bicyclic) bond motifs is 1. The minimum atomic E-state index is -0.661. The molecule has 3 rings (SSSR count). The summed E-state index contributed by atoms with van der Waals surface area (Å²) in [5, 5.41) is 8.83. The highest BCUT2D eigenvalue weighted by Gasteiger charge is 2.35. The van der Waals surface area contributed by atoms with Gasteiger partial charge in [0.25, 0.3) is 0 Å². The van der Waals surface area contributed by atoms with Crippen LogP contribution >= 0.6 is 0 Å². The molecule has 3 nitrogen and oxygen atoms in total. The van der Waals surface area contributed by atoms with E-state index >= 15 is 0 Å². The lowest BCUT2D eigenvalue weighted by Crippen LogP contribution is -2.49. The second-order valence-corrected chi connectivity index (χ2v) is 5.88. The van der Waals surface area contributed by atoms with E-state index in [9.17, 15) is 4.79 Å². The topological polar surface area (TPSA) is 40.5 Å². The minimum absolute atomic E-state index is 0.324. The lowest BCUT2D eigenvalue weighted by Gasteiger charge is -2.44. The van der Waals surface area contributed by atoms with Gasteiger partial charge in [0.2, 0.25) is 0 Å². The molecular weight excluding hydrogens is 238 g/mol. The van der Waals surface area contributed by atoms with Gasteiger partial charge in [0.05, 0.1) is 6.42 Å². The first kappa shape index (κ1) is 12.7. The van der Waals surface area contributed by atoms with Gasteiger partial charge in [0.15, 0.2) is 0 Å². The molecule has 1 N–H and O–H groups in total. The Labute approximate surface area is 114 Å². The molecule has 1 aliphatic carbocycles. The van der Waals surface area contributed by atoms with Crippen molar-refractivity contribution in [2.75, 3.05) is 13.1 Å². The molecule has 1 saturated heterocycles. The van der Waals surface area contributed by atoms with E-state index in [1.165, 1.54) is 36.8 Å². The Balaban J connectivity index is 1.70. The van der Waals surface area contributed by atoms with Gasteiger partial charge in [0.1, 0.15) is 0 Å². The Kier molecular flexibility index (Phi) is 3.56. The van der Waals surface area contributed by atoms with Gasteiger partial charge in [-0.15, -0.1) is 0 Å². The minimum Gasteiger partial charge on any atom is -0.481 e. The van der Waals surface area contributed by atoms with Crippen molar-refractivity contribution in [3.05, 3.63) is 35.4 Å². The number of rotatable bonds is 3. The smallest absolute Gasteiger partial charge is 0.303 e. The van der Waals surface area contributed by atoms with Crippen LogP contribution in [0.4, 0.5) is 0 Å². The number of aliphatic carboxylic acids is 1. The Bertz CT molecular complexity index is 466. The first-order valence-electron chi connectivity index (χ1n) is 7.27. The Morgan fingerprint density at radius 1 is 1.26 bits per heavy atom. The second kappa shape index (κ2) is 5.33. The molecule has 1 fully saturated rings. The summed E-state index contributed by atoms with van der Waals surface area (Å²) in [5.41, 5.74) is 2.97. The van der Waals surface area contributed by atoms with Gasteiger partial charge in [-0.05, 0) is 36.3 Å². The van der Waals surface area contributed by atoms with Crippen LogP contribution in [0.15, 0.2) is 24.3 Å². The molecule has 0 saturated carbocycles. The van der Waals surface area contributed by atoms with E-state index in [4.69, 9.17) is 5.11 Å². The molecular formula is C16H21NO2. The zero-order valence-corrected chi connectivity index (χ0v) is 11.2.